The second-order valence-electron chi connectivity index (χ2n) is 10.6. The lowest BCUT2D eigenvalue weighted by Crippen LogP contribution is -2.34. The van der Waals surface area contributed by atoms with Gasteiger partial charge in [-0.05, 0) is 85.9 Å². The SMILES string of the molecule is CCCCc1ccc(CCCCOc2cccc(C=Cc3cccc(NC(=O)CC(CC)(CC)C(=O)O)c3)n2)cc1. The van der Waals surface area contributed by atoms with Crippen molar-refractivity contribution in [3.63, 3.8) is 0 Å². The number of hydrogen-bond acceptors (Lipinski definition) is 4. The fraction of sp³-hybridized carbons (Fsp3) is 0.400. The number of carboxylic acids is 1. The van der Waals surface area contributed by atoms with Gasteiger partial charge in [0, 0.05) is 18.2 Å². The predicted molar refractivity (Wildman–Crippen MR) is 167 cm³/mol. The molecule has 0 atom stereocenters. The van der Waals surface area contributed by atoms with E-state index in [0.29, 0.717) is 31.0 Å². The summed E-state index contributed by atoms with van der Waals surface area (Å²) in [6, 6.07) is 22.1. The lowest BCUT2D eigenvalue weighted by Gasteiger charge is -2.25. The van der Waals surface area contributed by atoms with Crippen LogP contribution in [0.5, 0.6) is 5.88 Å². The quantitative estimate of drug-likeness (QED) is 0.164. The number of aromatic nitrogens is 1. The number of benzene rings is 2. The van der Waals surface area contributed by atoms with Crippen molar-refractivity contribution in [3.8, 4) is 5.88 Å². The Hall–Kier alpha value is -3.93. The van der Waals surface area contributed by atoms with E-state index in [1.54, 1.807) is 19.9 Å². The summed E-state index contributed by atoms with van der Waals surface area (Å²) in [5.74, 6) is -0.636. The number of ether oxygens (including phenoxy) is 1. The highest BCUT2D eigenvalue weighted by Gasteiger charge is 2.37. The Morgan fingerprint density at radius 1 is 0.878 bits per heavy atom. The van der Waals surface area contributed by atoms with Gasteiger partial charge in [0.15, 0.2) is 0 Å². The van der Waals surface area contributed by atoms with E-state index in [-0.39, 0.29) is 12.3 Å². The van der Waals surface area contributed by atoms with E-state index in [0.717, 1.165) is 36.9 Å². The molecule has 0 fully saturated rings. The van der Waals surface area contributed by atoms with Crippen molar-refractivity contribution < 1.29 is 19.4 Å². The normalized spacial score (nSPS) is 11.5. The maximum absolute atomic E-state index is 12.6. The molecule has 3 aromatic rings. The topological polar surface area (TPSA) is 88.5 Å². The van der Waals surface area contributed by atoms with Crippen molar-refractivity contribution >= 4 is 29.7 Å². The highest BCUT2D eigenvalue weighted by molar-refractivity contribution is 5.94. The van der Waals surface area contributed by atoms with Crippen LogP contribution in [0.1, 0.15) is 88.1 Å². The second-order valence-corrected chi connectivity index (χ2v) is 10.6. The van der Waals surface area contributed by atoms with Gasteiger partial charge in [0.25, 0.3) is 0 Å². The fourth-order valence-electron chi connectivity index (χ4n) is 4.76. The third kappa shape index (κ3) is 10.2. The smallest absolute Gasteiger partial charge is 0.310 e. The van der Waals surface area contributed by atoms with E-state index in [1.165, 1.54) is 24.0 Å². The minimum Gasteiger partial charge on any atom is -0.481 e. The Kier molecular flexibility index (Phi) is 12.6. The first-order valence-electron chi connectivity index (χ1n) is 14.9. The van der Waals surface area contributed by atoms with Crippen molar-refractivity contribution in [3.05, 3.63) is 89.1 Å². The molecule has 1 aromatic heterocycles. The van der Waals surface area contributed by atoms with Gasteiger partial charge in [-0.1, -0.05) is 75.7 Å². The van der Waals surface area contributed by atoms with Crippen molar-refractivity contribution in [2.45, 2.75) is 78.6 Å². The van der Waals surface area contributed by atoms with Crippen LogP contribution in [0, 0.1) is 5.41 Å². The number of amides is 1. The van der Waals surface area contributed by atoms with Gasteiger partial charge in [-0.15, -0.1) is 0 Å². The van der Waals surface area contributed by atoms with Crippen LogP contribution in [0.2, 0.25) is 0 Å². The monoisotopic (exact) mass is 556 g/mol. The van der Waals surface area contributed by atoms with Crippen molar-refractivity contribution in [1.82, 2.24) is 4.98 Å². The van der Waals surface area contributed by atoms with Crippen LogP contribution >= 0.6 is 0 Å². The molecule has 218 valence electrons. The molecule has 1 heterocycles. The summed E-state index contributed by atoms with van der Waals surface area (Å²) in [7, 11) is 0. The average Bonchev–Trinajstić information content (AvgIpc) is 2.98. The van der Waals surface area contributed by atoms with E-state index in [4.69, 9.17) is 4.74 Å². The number of unbranched alkanes of at least 4 members (excludes halogenated alkanes) is 2. The van der Waals surface area contributed by atoms with Crippen LogP contribution in [0.3, 0.4) is 0 Å². The Bertz CT molecular complexity index is 1280. The van der Waals surface area contributed by atoms with Gasteiger partial charge in [-0.2, -0.15) is 0 Å². The first-order valence-corrected chi connectivity index (χ1v) is 14.9. The summed E-state index contributed by atoms with van der Waals surface area (Å²) >= 11 is 0. The molecule has 0 spiro atoms. The lowest BCUT2D eigenvalue weighted by molar-refractivity contribution is -0.151. The number of pyridine rings is 1. The zero-order valence-corrected chi connectivity index (χ0v) is 24.7. The van der Waals surface area contributed by atoms with E-state index >= 15 is 0 Å². The Labute approximate surface area is 244 Å². The summed E-state index contributed by atoms with van der Waals surface area (Å²) in [5, 5.41) is 12.5. The standard InChI is InChI=1S/C35H44N2O4/c1-4-7-12-27-18-20-28(21-19-27)13-8-9-24-41-33-17-11-15-30(37-33)23-22-29-14-10-16-31(25-29)36-32(38)26-35(5-2,6-3)34(39)40/h10-11,14-23,25H,4-9,12-13,24,26H2,1-3H3,(H,36,38)(H,39,40). The molecule has 0 unspecified atom stereocenters. The molecule has 3 rings (SSSR count). The van der Waals surface area contributed by atoms with Crippen LogP contribution in [-0.2, 0) is 22.4 Å². The fourth-order valence-corrected chi connectivity index (χ4v) is 4.76. The van der Waals surface area contributed by atoms with Gasteiger partial charge in [0.05, 0.1) is 17.7 Å². The molecule has 0 radical (unpaired) electrons. The number of rotatable bonds is 17. The Balaban J connectivity index is 1.47. The van der Waals surface area contributed by atoms with Crippen LogP contribution in [0.25, 0.3) is 12.2 Å². The van der Waals surface area contributed by atoms with E-state index in [2.05, 4.69) is 41.5 Å². The molecule has 6 nitrogen and oxygen atoms in total. The van der Waals surface area contributed by atoms with E-state index < -0.39 is 11.4 Å². The average molecular weight is 557 g/mol. The summed E-state index contributed by atoms with van der Waals surface area (Å²) in [6.07, 6.45) is 11.3. The molecule has 2 N–H and O–H groups in total. The number of carboxylic acid groups (broad SMARTS) is 1. The first-order chi connectivity index (χ1) is 19.9. The number of aliphatic carboxylic acids is 1. The molecule has 0 saturated heterocycles. The molecule has 0 aliphatic carbocycles. The van der Waals surface area contributed by atoms with Crippen molar-refractivity contribution in [2.75, 3.05) is 11.9 Å². The molecular weight excluding hydrogens is 512 g/mol. The van der Waals surface area contributed by atoms with E-state index in [1.807, 2.05) is 48.6 Å². The summed E-state index contributed by atoms with van der Waals surface area (Å²) in [6.45, 7) is 6.45. The van der Waals surface area contributed by atoms with Gasteiger partial charge in [0.1, 0.15) is 0 Å². The molecule has 41 heavy (non-hydrogen) atoms. The number of nitrogens with zero attached hydrogens (tertiary/aromatic N) is 1. The molecule has 0 bridgehead atoms. The van der Waals surface area contributed by atoms with Gasteiger partial charge < -0.3 is 15.2 Å². The zero-order valence-electron chi connectivity index (χ0n) is 24.7. The zero-order chi connectivity index (χ0) is 29.5. The molecule has 1 amide bonds. The highest BCUT2D eigenvalue weighted by atomic mass is 16.5. The third-order valence-corrected chi connectivity index (χ3v) is 7.62. The van der Waals surface area contributed by atoms with Gasteiger partial charge in [-0.3, -0.25) is 9.59 Å². The largest absolute Gasteiger partial charge is 0.481 e. The van der Waals surface area contributed by atoms with Gasteiger partial charge in [-0.25, -0.2) is 4.98 Å². The molecule has 0 saturated carbocycles. The molecule has 2 aromatic carbocycles. The van der Waals surface area contributed by atoms with Crippen molar-refractivity contribution in [2.24, 2.45) is 5.41 Å². The lowest BCUT2D eigenvalue weighted by atomic mass is 9.79. The molecule has 6 heteroatoms. The number of nitrogens with one attached hydrogen (secondary N) is 1. The molecule has 0 aliphatic rings. The second kappa shape index (κ2) is 16.4. The highest BCUT2D eigenvalue weighted by Crippen LogP contribution is 2.31. The third-order valence-electron chi connectivity index (χ3n) is 7.62. The van der Waals surface area contributed by atoms with Crippen LogP contribution < -0.4 is 10.1 Å². The minimum atomic E-state index is -1.04. The molecular formula is C35H44N2O4. The van der Waals surface area contributed by atoms with Gasteiger partial charge in [0.2, 0.25) is 11.8 Å². The number of carbonyl (C=O) groups excluding carboxylic acids is 1. The molecule has 0 aliphatic heterocycles. The van der Waals surface area contributed by atoms with Gasteiger partial charge >= 0.3 is 5.97 Å². The number of aryl methyl sites for hydroxylation is 2. The number of carbonyl (C=O) groups is 2. The maximum atomic E-state index is 12.6. The first kappa shape index (κ1) is 31.6. The van der Waals surface area contributed by atoms with Crippen LogP contribution in [0.4, 0.5) is 5.69 Å². The summed E-state index contributed by atoms with van der Waals surface area (Å²) < 4.78 is 5.90. The van der Waals surface area contributed by atoms with E-state index in [9.17, 15) is 14.7 Å². The van der Waals surface area contributed by atoms with Crippen LogP contribution in [-0.4, -0.2) is 28.6 Å². The predicted octanol–water partition coefficient (Wildman–Crippen LogP) is 8.22. The number of anilines is 1. The number of hydrogen-bond donors (Lipinski definition) is 2. The Morgan fingerprint density at radius 3 is 2.22 bits per heavy atom. The van der Waals surface area contributed by atoms with Crippen LogP contribution in [0.15, 0.2) is 66.7 Å². The minimum absolute atomic E-state index is 0.0572. The Morgan fingerprint density at radius 2 is 1.56 bits per heavy atom. The summed E-state index contributed by atoms with van der Waals surface area (Å²) in [5.41, 5.74) is 4.04. The summed E-state index contributed by atoms with van der Waals surface area (Å²) in [4.78, 5) is 28.9. The van der Waals surface area contributed by atoms with Crippen molar-refractivity contribution in [1.29, 1.82) is 0 Å². The maximum Gasteiger partial charge on any atom is 0.310 e.